The third-order valence-corrected chi connectivity index (χ3v) is 20.8. The molecule has 4 bridgehead atoms. The monoisotopic (exact) mass is 1470 g/mol. The number of hydrogen-bond acceptors (Lipinski definition) is 28. The topological polar surface area (TPSA) is 450 Å². The molecule has 26 atom stereocenters. The van der Waals surface area contributed by atoms with Crippen molar-refractivity contribution in [3.8, 4) is 0 Å². The van der Waals surface area contributed by atoms with E-state index in [9.17, 15) is 91.3 Å². The molecule has 5 aliphatic rings. The Morgan fingerprint density at radius 1 is 0.324 bits per heavy atom. The van der Waals surface area contributed by atoms with Gasteiger partial charge < -0.3 is 129 Å². The second-order valence-electron chi connectivity index (χ2n) is 29.8. The lowest BCUT2D eigenvalue weighted by molar-refractivity contribution is -0.316. The normalized spacial score (nSPS) is 34.3. The predicted octanol–water partition coefficient (Wildman–Crippen LogP) is 4.21. The van der Waals surface area contributed by atoms with Gasteiger partial charge in [0, 0.05) is 0 Å². The molecule has 26 unspecified atom stereocenters. The summed E-state index contributed by atoms with van der Waals surface area (Å²) in [6.45, 7) is 1.40. The van der Waals surface area contributed by atoms with Crippen molar-refractivity contribution in [3.05, 3.63) is 0 Å². The van der Waals surface area contributed by atoms with E-state index in [2.05, 4.69) is 0 Å². The van der Waals surface area contributed by atoms with Gasteiger partial charge in [-0.15, -0.1) is 0 Å². The summed E-state index contributed by atoms with van der Waals surface area (Å²) in [5.74, 6) is -1.56. The number of aliphatic hydroxyl groups excluding tert-OH is 16. The SMILES string of the molecule is CC(O)CCCCCCCC(CCCCCCCCCCCCCC1CC(=O)OCC2OC(OC(CCCCCCCCCCCC(CCCCCCCC(C)O)OC3OC(CO)C(O)C(O)C3O)CC(=O)OCC3OC(O1)C(O)C(O)C3O)C(O)C(O)C2O)OC1OC(CO)C(O)C(O)C1O. The first-order valence-corrected chi connectivity index (χ1v) is 39.3. The van der Waals surface area contributed by atoms with Gasteiger partial charge in [0.2, 0.25) is 0 Å². The minimum Gasteiger partial charge on any atom is -0.463 e. The molecule has 0 aliphatic carbocycles. The molecule has 5 fully saturated rings. The Labute approximate surface area is 605 Å². The van der Waals surface area contributed by atoms with Gasteiger partial charge in [0.15, 0.2) is 25.2 Å². The van der Waals surface area contributed by atoms with Crippen LogP contribution in [0, 0.1) is 0 Å². The fourth-order valence-corrected chi connectivity index (χ4v) is 14.3. The molecule has 0 aromatic heterocycles. The maximum absolute atomic E-state index is 13.6. The van der Waals surface area contributed by atoms with E-state index in [0.717, 1.165) is 205 Å². The van der Waals surface area contributed by atoms with Crippen LogP contribution in [0.4, 0.5) is 0 Å². The van der Waals surface area contributed by atoms with Gasteiger partial charge in [-0.2, -0.15) is 0 Å². The summed E-state index contributed by atoms with van der Waals surface area (Å²) in [4.78, 5) is 27.1. The van der Waals surface area contributed by atoms with Crippen molar-refractivity contribution in [2.75, 3.05) is 26.4 Å². The van der Waals surface area contributed by atoms with Gasteiger partial charge in [-0.05, 0) is 65.2 Å². The van der Waals surface area contributed by atoms with Crippen LogP contribution >= 0.6 is 0 Å². The van der Waals surface area contributed by atoms with Gasteiger partial charge in [-0.3, -0.25) is 9.59 Å². The van der Waals surface area contributed by atoms with E-state index in [-0.39, 0.29) is 37.3 Å². The van der Waals surface area contributed by atoms with Crippen molar-refractivity contribution in [1.82, 2.24) is 0 Å². The van der Waals surface area contributed by atoms with Gasteiger partial charge in [0.1, 0.15) is 111 Å². The van der Waals surface area contributed by atoms with Crippen molar-refractivity contribution < 1.29 is 139 Å². The molecular weight excluding hydrogens is 1340 g/mol. The number of fused-ring (bicyclic) bond motifs is 4. The molecule has 5 saturated heterocycles. The first-order chi connectivity index (χ1) is 49.0. The van der Waals surface area contributed by atoms with Crippen molar-refractivity contribution in [2.24, 2.45) is 0 Å². The van der Waals surface area contributed by atoms with Crippen molar-refractivity contribution >= 4 is 11.9 Å². The van der Waals surface area contributed by atoms with E-state index in [1.165, 1.54) is 0 Å². The lowest BCUT2D eigenvalue weighted by Gasteiger charge is -2.42. The smallest absolute Gasteiger partial charge is 0.308 e. The predicted molar refractivity (Wildman–Crippen MR) is 370 cm³/mol. The Morgan fingerprint density at radius 3 is 0.873 bits per heavy atom. The highest BCUT2D eigenvalue weighted by Gasteiger charge is 2.50. The zero-order valence-electron chi connectivity index (χ0n) is 61.2. The number of carbonyl (C=O) groups is 2. The van der Waals surface area contributed by atoms with Crippen molar-refractivity contribution in [3.63, 3.8) is 0 Å². The molecule has 600 valence electrons. The van der Waals surface area contributed by atoms with E-state index in [1.54, 1.807) is 13.8 Å². The number of esters is 2. The number of carbonyl (C=O) groups excluding carboxylic acids is 2. The minimum atomic E-state index is -1.77. The van der Waals surface area contributed by atoms with Gasteiger partial charge in [0.05, 0.1) is 62.7 Å². The van der Waals surface area contributed by atoms with Crippen molar-refractivity contribution in [2.45, 2.75) is 430 Å². The van der Waals surface area contributed by atoms with E-state index in [0.29, 0.717) is 38.5 Å². The molecule has 28 heteroatoms. The molecule has 0 saturated carbocycles. The molecular formula is C74H136O28. The van der Waals surface area contributed by atoms with Gasteiger partial charge in [-0.25, -0.2) is 0 Å². The van der Waals surface area contributed by atoms with Gasteiger partial charge in [-0.1, -0.05) is 193 Å². The fourth-order valence-electron chi connectivity index (χ4n) is 14.3. The summed E-state index contributed by atoms with van der Waals surface area (Å²) in [7, 11) is 0. The zero-order valence-corrected chi connectivity index (χ0v) is 61.2. The molecule has 0 amide bonds. The molecule has 16 N–H and O–H groups in total. The van der Waals surface area contributed by atoms with Crippen LogP contribution in [0.3, 0.4) is 0 Å². The van der Waals surface area contributed by atoms with E-state index in [1.807, 2.05) is 0 Å². The fraction of sp³-hybridized carbons (Fsp3) is 0.973. The molecule has 28 nitrogen and oxygen atoms in total. The molecule has 0 spiro atoms. The quantitative estimate of drug-likeness (QED) is 0.0300. The Hall–Kier alpha value is -2.02. The second kappa shape index (κ2) is 51.4. The Kier molecular flexibility index (Phi) is 45.6. The van der Waals surface area contributed by atoms with Crippen molar-refractivity contribution in [1.29, 1.82) is 0 Å². The highest BCUT2D eigenvalue weighted by Crippen LogP contribution is 2.32. The molecule has 0 aromatic carbocycles. The molecule has 5 rings (SSSR count). The third-order valence-electron chi connectivity index (χ3n) is 20.8. The number of cyclic esters (lactones) is 2. The summed E-state index contributed by atoms with van der Waals surface area (Å²) >= 11 is 0. The summed E-state index contributed by atoms with van der Waals surface area (Å²) in [6.07, 6.45) is -0.330. The largest absolute Gasteiger partial charge is 0.463 e. The maximum atomic E-state index is 13.6. The molecule has 0 radical (unpaired) electrons. The third kappa shape index (κ3) is 33.4. The van der Waals surface area contributed by atoms with Crippen LogP contribution < -0.4 is 0 Å². The van der Waals surface area contributed by atoms with Crippen LogP contribution in [-0.2, 0) is 57.0 Å². The average molecular weight is 1470 g/mol. The summed E-state index contributed by atoms with van der Waals surface area (Å²) in [5, 5.41) is 167. The minimum absolute atomic E-state index is 0.241. The van der Waals surface area contributed by atoms with Crippen LogP contribution in [-0.4, -0.2) is 280 Å². The van der Waals surface area contributed by atoms with Crippen LogP contribution in [0.1, 0.15) is 271 Å². The number of unbranched alkanes of at least 4 members (excludes halogenated alkanes) is 26. The Balaban J connectivity index is 1.03. The number of ether oxygens (including phenoxy) is 10. The maximum Gasteiger partial charge on any atom is 0.308 e. The summed E-state index contributed by atoms with van der Waals surface area (Å²) in [6, 6.07) is 0. The number of aliphatic hydroxyl groups is 16. The zero-order chi connectivity index (χ0) is 74.3. The van der Waals surface area contributed by atoms with E-state index in [4.69, 9.17) is 47.4 Å². The van der Waals surface area contributed by atoms with Crippen LogP contribution in [0.2, 0.25) is 0 Å². The molecule has 5 heterocycles. The number of rotatable bonds is 48. The first kappa shape index (κ1) is 90.6. The van der Waals surface area contributed by atoms with E-state index >= 15 is 0 Å². The molecule has 0 aromatic rings. The standard InChI is InChI=1S/C74H136O28/c1-47(77)33-25-17-15-23-29-37-49(95-71-67(89)63(85)59(81)53(43-75)99-71)35-27-19-11-7-4-3-5-8-13-21-31-39-51-41-57(79)93-45-56-62(84)66(88)70(92)74(102-56)98-52(42-58(80)94-46-55-61(83)65(87)69(91)73(97-51)101-55)40-32-22-14-10-6-9-12-20-28-36-50(38-30-24-16-18-26-34-48(2)78)96-72-68(90)64(86)60(82)54(44-76)100-72/h47-56,59-78,81-92H,3-46H2,1-2H3. The van der Waals surface area contributed by atoms with Crippen LogP contribution in [0.15, 0.2) is 0 Å². The lowest BCUT2D eigenvalue weighted by Crippen LogP contribution is -2.60. The van der Waals surface area contributed by atoms with Gasteiger partial charge >= 0.3 is 11.9 Å². The van der Waals surface area contributed by atoms with Gasteiger partial charge in [0.25, 0.3) is 0 Å². The highest BCUT2D eigenvalue weighted by atomic mass is 16.7. The first-order valence-electron chi connectivity index (χ1n) is 39.3. The van der Waals surface area contributed by atoms with Crippen LogP contribution in [0.25, 0.3) is 0 Å². The highest BCUT2D eigenvalue weighted by molar-refractivity contribution is 5.70. The summed E-state index contributed by atoms with van der Waals surface area (Å²) < 4.78 is 59.1. The molecule has 102 heavy (non-hydrogen) atoms. The Morgan fingerprint density at radius 2 is 0.588 bits per heavy atom. The number of hydrogen-bond donors (Lipinski definition) is 16. The second-order valence-corrected chi connectivity index (χ2v) is 29.8. The summed E-state index contributed by atoms with van der Waals surface area (Å²) in [5.41, 5.74) is 0. The van der Waals surface area contributed by atoms with Crippen LogP contribution in [0.5, 0.6) is 0 Å². The average Bonchev–Trinajstić information content (AvgIpc) is 0.847. The lowest BCUT2D eigenvalue weighted by atomic mass is 9.98. The Bertz CT molecular complexity index is 2140. The van der Waals surface area contributed by atoms with E-state index < -0.39 is 173 Å². The molecule has 5 aliphatic heterocycles.